The van der Waals surface area contributed by atoms with E-state index in [9.17, 15) is 38.4 Å². The number of aromatic nitrogens is 1. The second-order valence-electron chi connectivity index (χ2n) is 14.6. The normalized spacial score (nSPS) is 16.8. The zero-order chi connectivity index (χ0) is 42.3. The molecule has 0 saturated carbocycles. The number of likely N-dealkylation sites (tertiary alicyclic amines) is 1. The molecule has 0 bridgehead atoms. The molecule has 0 aliphatic carbocycles. The Morgan fingerprint density at radius 1 is 0.948 bits per heavy atom. The van der Waals surface area contributed by atoms with Gasteiger partial charge in [0.15, 0.2) is 9.84 Å². The van der Waals surface area contributed by atoms with Crippen LogP contribution in [0.25, 0.3) is 11.1 Å². The summed E-state index contributed by atoms with van der Waals surface area (Å²) in [4.78, 5) is 29.6. The van der Waals surface area contributed by atoms with Crippen LogP contribution in [0.2, 0.25) is 10.0 Å². The lowest BCUT2D eigenvalue weighted by Crippen LogP contribution is -2.52. The molecule has 2 atom stereocenters. The van der Waals surface area contributed by atoms with Crippen molar-refractivity contribution in [3.63, 3.8) is 0 Å². The van der Waals surface area contributed by atoms with Gasteiger partial charge in [-0.1, -0.05) is 53.5 Å². The van der Waals surface area contributed by atoms with E-state index in [0.29, 0.717) is 61.0 Å². The van der Waals surface area contributed by atoms with Crippen LogP contribution < -0.4 is 19.5 Å². The predicted octanol–water partition coefficient (Wildman–Crippen LogP) is 5.39. The molecule has 58 heavy (non-hydrogen) atoms. The van der Waals surface area contributed by atoms with Crippen molar-refractivity contribution in [1.82, 2.24) is 15.2 Å². The topological polar surface area (TPSA) is 205 Å². The number of aliphatic carboxylic acids is 2. The highest BCUT2D eigenvalue weighted by molar-refractivity contribution is 7.90. The van der Waals surface area contributed by atoms with Crippen LogP contribution >= 0.6 is 23.2 Å². The number of benzene rings is 3. The summed E-state index contributed by atoms with van der Waals surface area (Å²) in [6.07, 6.45) is 4.83. The Kier molecular flexibility index (Phi) is 14.7. The average Bonchev–Trinajstić information content (AvgIpc) is 3.63. The minimum absolute atomic E-state index is 0.0264. The number of nitrogens with zero attached hydrogens (tertiary/aromatic N) is 2. The van der Waals surface area contributed by atoms with E-state index in [4.69, 9.17) is 37.4 Å². The van der Waals surface area contributed by atoms with Gasteiger partial charge in [-0.05, 0) is 68.1 Å². The zero-order valence-corrected chi connectivity index (χ0v) is 34.7. The molecule has 2 heterocycles. The summed E-state index contributed by atoms with van der Waals surface area (Å²) in [5.74, 6) is -1.19. The van der Waals surface area contributed by atoms with Gasteiger partial charge < -0.3 is 39.5 Å². The number of aliphatic hydroxyl groups excluding tert-OH is 2. The number of carbonyl (C=O) groups is 2. The maximum atomic E-state index is 12.1. The van der Waals surface area contributed by atoms with Gasteiger partial charge in [0.25, 0.3) is 0 Å². The number of aliphatic hydroxyl groups is 2. The van der Waals surface area contributed by atoms with Gasteiger partial charge in [-0.3, -0.25) is 19.9 Å². The number of carboxylic acids is 2. The highest BCUT2D eigenvalue weighted by Crippen LogP contribution is 2.39. The van der Waals surface area contributed by atoms with Crippen LogP contribution in [0.3, 0.4) is 0 Å². The Bertz CT molecular complexity index is 2240. The Morgan fingerprint density at radius 2 is 1.67 bits per heavy atom. The number of halogens is 2. The van der Waals surface area contributed by atoms with Crippen molar-refractivity contribution in [2.75, 3.05) is 45.7 Å². The van der Waals surface area contributed by atoms with Crippen molar-refractivity contribution in [2.24, 2.45) is 5.41 Å². The molecule has 1 aromatic heterocycles. The first-order valence-electron chi connectivity index (χ1n) is 18.4. The lowest BCUT2D eigenvalue weighted by molar-refractivity contribution is -0.150. The van der Waals surface area contributed by atoms with Crippen LogP contribution in [0.15, 0.2) is 71.9 Å². The van der Waals surface area contributed by atoms with Crippen LogP contribution in [-0.4, -0.2) is 102 Å². The number of sulfone groups is 1. The molecule has 1 aliphatic heterocycles. The van der Waals surface area contributed by atoms with Crippen LogP contribution in [-0.2, 0) is 39.2 Å². The molecule has 5 N–H and O–H groups in total. The van der Waals surface area contributed by atoms with Gasteiger partial charge in [0.05, 0.1) is 34.8 Å². The standard InChI is InChI=1S/C41H47Cl2N3O11S/c1-26-28(7-4-8-31(26)32-9-5-10-34(37(32)43)55-14-6-12-46-13-11-41(23-46,25-48)39(51)52)22-57-36-17-35(56-21-27-15-30(20-44-18-27)58(3,53)54)29(16-33(36)42)19-45-40(2,24-47)38(49)50/h4-5,7-10,15-18,20,45,47-48H,6,11-14,19,21-25H2,1-3H3,(H,49,50)(H,51,52)/t40-,41-/m1/s1. The number of rotatable bonds is 20. The first kappa shape index (κ1) is 44.6. The van der Waals surface area contributed by atoms with Gasteiger partial charge >= 0.3 is 11.9 Å². The predicted molar refractivity (Wildman–Crippen MR) is 217 cm³/mol. The number of ether oxygens (including phenoxy) is 3. The summed E-state index contributed by atoms with van der Waals surface area (Å²) in [7, 11) is -3.52. The highest BCUT2D eigenvalue weighted by Gasteiger charge is 2.44. The quantitative estimate of drug-likeness (QED) is 0.0708. The van der Waals surface area contributed by atoms with Crippen molar-refractivity contribution < 1.29 is 52.6 Å². The van der Waals surface area contributed by atoms with Gasteiger partial charge in [-0.2, -0.15) is 0 Å². The molecular formula is C41H47Cl2N3O11S. The summed E-state index contributed by atoms with van der Waals surface area (Å²) in [6.45, 7) is 4.04. The van der Waals surface area contributed by atoms with E-state index >= 15 is 0 Å². The summed E-state index contributed by atoms with van der Waals surface area (Å²) in [5, 5.41) is 42.1. The van der Waals surface area contributed by atoms with Gasteiger partial charge in [0.2, 0.25) is 0 Å². The monoisotopic (exact) mass is 859 g/mol. The lowest BCUT2D eigenvalue weighted by Gasteiger charge is -2.25. The third kappa shape index (κ3) is 10.6. The SMILES string of the molecule is Cc1c(COc2cc(OCc3cncc(S(C)(=O)=O)c3)c(CN[C@](C)(CO)C(=O)O)cc2Cl)cccc1-c1cccc(OCCCN2CC[C@@](CO)(C(=O)O)C2)c1Cl. The number of pyridine rings is 1. The van der Waals surface area contributed by atoms with Crippen molar-refractivity contribution >= 4 is 45.0 Å². The number of hydrogen-bond acceptors (Lipinski definition) is 12. The fraction of sp³-hybridized carbons (Fsp3) is 0.390. The van der Waals surface area contributed by atoms with Gasteiger partial charge in [0, 0.05) is 61.0 Å². The molecule has 0 radical (unpaired) electrons. The molecular weight excluding hydrogens is 813 g/mol. The van der Waals surface area contributed by atoms with E-state index in [2.05, 4.69) is 10.3 Å². The van der Waals surface area contributed by atoms with E-state index < -0.39 is 45.9 Å². The molecule has 312 valence electrons. The first-order valence-corrected chi connectivity index (χ1v) is 21.0. The van der Waals surface area contributed by atoms with Crippen molar-refractivity contribution in [3.05, 3.63) is 99.3 Å². The molecule has 1 aliphatic rings. The molecule has 1 saturated heterocycles. The van der Waals surface area contributed by atoms with Crippen LogP contribution in [0.5, 0.6) is 17.2 Å². The van der Waals surface area contributed by atoms with Crippen molar-refractivity contribution in [2.45, 2.75) is 56.9 Å². The Hall–Kier alpha value is -4.48. The maximum Gasteiger partial charge on any atom is 0.326 e. The second kappa shape index (κ2) is 19.1. The van der Waals surface area contributed by atoms with E-state index in [1.54, 1.807) is 18.2 Å². The minimum Gasteiger partial charge on any atom is -0.492 e. The fourth-order valence-electron chi connectivity index (χ4n) is 6.46. The molecule has 0 amide bonds. The van der Waals surface area contributed by atoms with Crippen molar-refractivity contribution in [3.8, 4) is 28.4 Å². The van der Waals surface area contributed by atoms with Gasteiger partial charge in [-0.15, -0.1) is 0 Å². The molecule has 14 nitrogen and oxygen atoms in total. The molecule has 0 unspecified atom stereocenters. The van der Waals surface area contributed by atoms with E-state index in [-0.39, 0.29) is 41.2 Å². The van der Waals surface area contributed by atoms with Gasteiger partial charge in [0.1, 0.15) is 41.4 Å². The van der Waals surface area contributed by atoms with Crippen molar-refractivity contribution in [1.29, 1.82) is 0 Å². The highest BCUT2D eigenvalue weighted by atomic mass is 35.5. The average molecular weight is 861 g/mol. The third-order valence-corrected chi connectivity index (χ3v) is 12.1. The molecule has 4 aromatic rings. The third-order valence-electron chi connectivity index (χ3n) is 10.3. The largest absolute Gasteiger partial charge is 0.492 e. The zero-order valence-electron chi connectivity index (χ0n) is 32.3. The van der Waals surface area contributed by atoms with E-state index in [1.807, 2.05) is 42.2 Å². The molecule has 17 heteroatoms. The first-order chi connectivity index (χ1) is 27.5. The molecule has 5 rings (SSSR count). The fourth-order valence-corrected chi connectivity index (χ4v) is 7.60. The summed E-state index contributed by atoms with van der Waals surface area (Å²) >= 11 is 13.6. The molecule has 0 spiro atoms. The van der Waals surface area contributed by atoms with Crippen LogP contribution in [0, 0.1) is 12.3 Å². The Labute approximate surface area is 347 Å². The molecule has 3 aromatic carbocycles. The molecule has 1 fully saturated rings. The Balaban J connectivity index is 1.30. The lowest BCUT2D eigenvalue weighted by atomic mass is 9.88. The summed E-state index contributed by atoms with van der Waals surface area (Å²) < 4.78 is 42.6. The number of hydrogen-bond donors (Lipinski definition) is 5. The summed E-state index contributed by atoms with van der Waals surface area (Å²) in [5.41, 5.74) is 1.49. The van der Waals surface area contributed by atoms with Crippen LogP contribution in [0.1, 0.15) is 42.0 Å². The summed E-state index contributed by atoms with van der Waals surface area (Å²) in [6, 6.07) is 15.9. The van der Waals surface area contributed by atoms with Crippen LogP contribution in [0.4, 0.5) is 0 Å². The number of carboxylic acid groups (broad SMARTS) is 2. The maximum absolute atomic E-state index is 12.1. The smallest absolute Gasteiger partial charge is 0.326 e. The minimum atomic E-state index is -3.52. The Morgan fingerprint density at radius 3 is 2.34 bits per heavy atom. The van der Waals surface area contributed by atoms with E-state index in [0.717, 1.165) is 28.5 Å². The van der Waals surface area contributed by atoms with Gasteiger partial charge in [-0.25, -0.2) is 8.42 Å². The van der Waals surface area contributed by atoms with E-state index in [1.165, 1.54) is 25.4 Å². The second-order valence-corrected chi connectivity index (χ2v) is 17.4. The number of nitrogens with one attached hydrogen (secondary N) is 1.